The Morgan fingerprint density at radius 3 is 1.87 bits per heavy atom. The van der Waals surface area contributed by atoms with Crippen LogP contribution in [-0.4, -0.2) is 17.5 Å². The van der Waals surface area contributed by atoms with Crippen LogP contribution in [0.2, 0.25) is 0 Å². The Bertz CT molecular complexity index is 880. The SMILES string of the molecule is c1ccc([S+](c2ccccc2)c2ccc(CN3CCCC4CCCCC43)cc2)cc1. The number of rotatable bonds is 5. The van der Waals surface area contributed by atoms with Crippen LogP contribution in [0, 0.1) is 5.92 Å². The zero-order valence-corrected chi connectivity index (χ0v) is 18.6. The second-order valence-corrected chi connectivity index (χ2v) is 10.8. The second kappa shape index (κ2) is 9.41. The molecule has 1 heterocycles. The summed E-state index contributed by atoms with van der Waals surface area (Å²) in [7, 11) is -0.0498. The van der Waals surface area contributed by atoms with Crippen molar-refractivity contribution < 1.29 is 0 Å². The molecule has 2 atom stereocenters. The molecule has 30 heavy (non-hydrogen) atoms. The van der Waals surface area contributed by atoms with Crippen LogP contribution in [0.1, 0.15) is 44.1 Å². The standard InChI is InChI=1S/C28H32NS/c1-3-12-25(13-4-1)30(26-14-5-2-6-15-26)27-19-17-23(18-20-27)22-29-21-9-11-24-10-7-8-16-28(24)29/h1-6,12-15,17-20,24,28H,7-11,16,21-22H2/q+1. The number of likely N-dealkylation sites (tertiary alicyclic amines) is 1. The van der Waals surface area contributed by atoms with Gasteiger partial charge in [-0.3, -0.25) is 4.90 Å². The Balaban J connectivity index is 1.37. The molecule has 2 unspecified atom stereocenters. The topological polar surface area (TPSA) is 3.24 Å². The minimum Gasteiger partial charge on any atom is -0.296 e. The fourth-order valence-corrected chi connectivity index (χ4v) is 7.49. The maximum atomic E-state index is 2.79. The average Bonchev–Trinajstić information content (AvgIpc) is 2.82. The van der Waals surface area contributed by atoms with Crippen LogP contribution in [-0.2, 0) is 17.4 Å². The number of piperidine rings is 1. The second-order valence-electron chi connectivity index (χ2n) is 8.80. The van der Waals surface area contributed by atoms with Gasteiger partial charge in [-0.05, 0) is 80.1 Å². The molecule has 0 N–H and O–H groups in total. The smallest absolute Gasteiger partial charge is 0.166 e. The molecule has 1 aliphatic heterocycles. The van der Waals surface area contributed by atoms with Gasteiger partial charge >= 0.3 is 0 Å². The van der Waals surface area contributed by atoms with Crippen molar-refractivity contribution in [1.29, 1.82) is 0 Å². The van der Waals surface area contributed by atoms with E-state index in [0.717, 1.165) is 18.5 Å². The van der Waals surface area contributed by atoms with Gasteiger partial charge in [-0.1, -0.05) is 61.4 Å². The average molecular weight is 415 g/mol. The highest BCUT2D eigenvalue weighted by molar-refractivity contribution is 7.97. The molecule has 1 aliphatic carbocycles. The van der Waals surface area contributed by atoms with Crippen LogP contribution in [0.4, 0.5) is 0 Å². The Kier molecular flexibility index (Phi) is 6.24. The number of benzene rings is 3. The first-order chi connectivity index (χ1) is 14.9. The van der Waals surface area contributed by atoms with Crippen LogP contribution < -0.4 is 0 Å². The van der Waals surface area contributed by atoms with E-state index in [1.54, 1.807) is 0 Å². The lowest BCUT2D eigenvalue weighted by molar-refractivity contribution is 0.0547. The fraction of sp³-hybridized carbons (Fsp3) is 0.357. The molecule has 1 saturated carbocycles. The zero-order valence-electron chi connectivity index (χ0n) is 17.7. The number of hydrogen-bond acceptors (Lipinski definition) is 1. The van der Waals surface area contributed by atoms with Gasteiger partial charge < -0.3 is 0 Å². The quantitative estimate of drug-likeness (QED) is 0.409. The lowest BCUT2D eigenvalue weighted by atomic mass is 9.78. The molecule has 5 rings (SSSR count). The third-order valence-corrected chi connectivity index (χ3v) is 9.09. The highest BCUT2D eigenvalue weighted by atomic mass is 32.2. The molecule has 2 aliphatic rings. The van der Waals surface area contributed by atoms with E-state index in [0.29, 0.717) is 0 Å². The molecule has 0 spiro atoms. The fourth-order valence-electron chi connectivity index (χ4n) is 5.41. The van der Waals surface area contributed by atoms with E-state index in [4.69, 9.17) is 0 Å². The minimum atomic E-state index is -0.0498. The van der Waals surface area contributed by atoms with Crippen molar-refractivity contribution in [2.24, 2.45) is 5.92 Å². The molecule has 3 aromatic carbocycles. The summed E-state index contributed by atoms with van der Waals surface area (Å²) in [5, 5.41) is 0. The first-order valence-corrected chi connectivity index (χ1v) is 12.8. The van der Waals surface area contributed by atoms with E-state index in [1.165, 1.54) is 65.3 Å². The highest BCUT2D eigenvalue weighted by Crippen LogP contribution is 2.36. The molecular weight excluding hydrogens is 382 g/mol. The van der Waals surface area contributed by atoms with Crippen LogP contribution in [0.5, 0.6) is 0 Å². The van der Waals surface area contributed by atoms with Crippen molar-refractivity contribution in [2.45, 2.75) is 65.8 Å². The van der Waals surface area contributed by atoms with E-state index < -0.39 is 0 Å². The van der Waals surface area contributed by atoms with Crippen LogP contribution in [0.3, 0.4) is 0 Å². The molecule has 154 valence electrons. The predicted molar refractivity (Wildman–Crippen MR) is 127 cm³/mol. The third kappa shape index (κ3) is 4.36. The van der Waals surface area contributed by atoms with Crippen molar-refractivity contribution in [3.05, 3.63) is 90.5 Å². The lowest BCUT2D eigenvalue weighted by Crippen LogP contribution is -2.46. The van der Waals surface area contributed by atoms with Gasteiger partial charge in [0.05, 0.1) is 10.9 Å². The molecule has 2 heteroatoms. The van der Waals surface area contributed by atoms with E-state index >= 15 is 0 Å². The molecular formula is C28H32NS+. The van der Waals surface area contributed by atoms with Crippen molar-refractivity contribution in [2.75, 3.05) is 6.54 Å². The van der Waals surface area contributed by atoms with Crippen molar-refractivity contribution in [3.8, 4) is 0 Å². The molecule has 1 nitrogen and oxygen atoms in total. The summed E-state index contributed by atoms with van der Waals surface area (Å²) >= 11 is 0. The number of nitrogens with zero attached hydrogens (tertiary/aromatic N) is 1. The van der Waals surface area contributed by atoms with E-state index in [2.05, 4.69) is 89.8 Å². The van der Waals surface area contributed by atoms with E-state index in [1.807, 2.05) is 0 Å². The lowest BCUT2D eigenvalue weighted by Gasteiger charge is -2.44. The van der Waals surface area contributed by atoms with Gasteiger partial charge in [0.25, 0.3) is 0 Å². The Hall–Kier alpha value is -2.03. The number of hydrogen-bond donors (Lipinski definition) is 0. The Morgan fingerprint density at radius 1 is 0.633 bits per heavy atom. The number of fused-ring (bicyclic) bond motifs is 1. The summed E-state index contributed by atoms with van der Waals surface area (Å²) < 4.78 is 0. The van der Waals surface area contributed by atoms with Gasteiger partial charge in [0, 0.05) is 12.6 Å². The molecule has 0 bridgehead atoms. The van der Waals surface area contributed by atoms with Gasteiger partial charge in [-0.2, -0.15) is 0 Å². The third-order valence-electron chi connectivity index (χ3n) is 6.86. The summed E-state index contributed by atoms with van der Waals surface area (Å²) in [5.74, 6) is 0.953. The van der Waals surface area contributed by atoms with Gasteiger partial charge in [-0.15, -0.1) is 0 Å². The van der Waals surface area contributed by atoms with E-state index in [9.17, 15) is 0 Å². The van der Waals surface area contributed by atoms with Gasteiger partial charge in [0.2, 0.25) is 0 Å². The van der Waals surface area contributed by atoms with Crippen molar-refractivity contribution in [3.63, 3.8) is 0 Å². The Morgan fingerprint density at radius 2 is 1.20 bits per heavy atom. The molecule has 0 aromatic heterocycles. The van der Waals surface area contributed by atoms with Crippen LogP contribution in [0.25, 0.3) is 0 Å². The van der Waals surface area contributed by atoms with Gasteiger partial charge in [0.15, 0.2) is 14.7 Å². The van der Waals surface area contributed by atoms with Crippen LogP contribution >= 0.6 is 0 Å². The largest absolute Gasteiger partial charge is 0.296 e. The van der Waals surface area contributed by atoms with Gasteiger partial charge in [-0.25, -0.2) is 0 Å². The van der Waals surface area contributed by atoms with Crippen LogP contribution in [0.15, 0.2) is 99.6 Å². The summed E-state index contributed by atoms with van der Waals surface area (Å²) in [6.45, 7) is 2.40. The van der Waals surface area contributed by atoms with Crippen molar-refractivity contribution in [1.82, 2.24) is 4.90 Å². The first-order valence-electron chi connectivity index (χ1n) is 11.6. The highest BCUT2D eigenvalue weighted by Gasteiger charge is 2.33. The summed E-state index contributed by atoms with van der Waals surface area (Å²) in [4.78, 5) is 6.97. The monoisotopic (exact) mass is 414 g/mol. The summed E-state index contributed by atoms with van der Waals surface area (Å²) in [5.41, 5.74) is 1.47. The van der Waals surface area contributed by atoms with Gasteiger partial charge in [0.1, 0.15) is 0 Å². The summed E-state index contributed by atoms with van der Waals surface area (Å²) in [6, 6.07) is 32.2. The zero-order chi connectivity index (χ0) is 20.2. The predicted octanol–water partition coefficient (Wildman–Crippen LogP) is 6.94. The molecule has 2 fully saturated rings. The molecule has 0 radical (unpaired) electrons. The minimum absolute atomic E-state index is 0.0498. The molecule has 0 amide bonds. The Labute approximate surface area is 184 Å². The van der Waals surface area contributed by atoms with Crippen molar-refractivity contribution >= 4 is 10.9 Å². The van der Waals surface area contributed by atoms with E-state index in [-0.39, 0.29) is 10.9 Å². The normalized spacial score (nSPS) is 22.0. The maximum Gasteiger partial charge on any atom is 0.166 e. The molecule has 1 saturated heterocycles. The molecule has 3 aromatic rings. The first kappa shape index (κ1) is 19.9. The maximum absolute atomic E-state index is 2.79. The summed E-state index contributed by atoms with van der Waals surface area (Å²) in [6.07, 6.45) is 8.57.